The largest absolute Gasteiger partial charge is 0.508 e. The average molecular weight is 237 g/mol. The molecule has 17 heavy (non-hydrogen) atoms. The number of hydrogen-bond donors (Lipinski definition) is 2. The van der Waals surface area contributed by atoms with E-state index in [4.69, 9.17) is 0 Å². The van der Waals surface area contributed by atoms with Crippen LogP contribution in [0.4, 0.5) is 8.78 Å². The summed E-state index contributed by atoms with van der Waals surface area (Å²) in [6.45, 7) is 3.40. The summed E-state index contributed by atoms with van der Waals surface area (Å²) in [5, 5.41) is 9.75. The Morgan fingerprint density at radius 2 is 1.94 bits per heavy atom. The maximum absolute atomic E-state index is 13.9. The first-order valence-corrected chi connectivity index (χ1v) is 5.36. The van der Waals surface area contributed by atoms with E-state index in [0.717, 1.165) is 0 Å². The minimum atomic E-state index is -0.976. The van der Waals surface area contributed by atoms with Gasteiger partial charge in [-0.05, 0) is 18.1 Å². The molecule has 2 rings (SSSR count). The molecule has 0 aliphatic carbocycles. The molecule has 0 spiro atoms. The Balaban J connectivity index is 2.66. The maximum atomic E-state index is 13.9. The quantitative estimate of drug-likeness (QED) is 0.819. The van der Waals surface area contributed by atoms with Crippen LogP contribution in [-0.2, 0) is 0 Å². The molecule has 0 fully saturated rings. The maximum Gasteiger partial charge on any atom is 0.167 e. The van der Waals surface area contributed by atoms with Crippen molar-refractivity contribution in [3.05, 3.63) is 41.7 Å². The van der Waals surface area contributed by atoms with Crippen LogP contribution in [0.3, 0.4) is 0 Å². The van der Waals surface area contributed by atoms with Crippen LogP contribution < -0.4 is 0 Å². The molecular formula is C13H13F2NO. The molecule has 0 unspecified atom stereocenters. The van der Waals surface area contributed by atoms with Crippen LogP contribution in [-0.4, -0.2) is 10.1 Å². The molecule has 2 nitrogen and oxygen atoms in total. The second-order valence-electron chi connectivity index (χ2n) is 4.24. The summed E-state index contributed by atoms with van der Waals surface area (Å²) in [6, 6.07) is 2.88. The van der Waals surface area contributed by atoms with Crippen molar-refractivity contribution in [3.8, 4) is 16.9 Å². The van der Waals surface area contributed by atoms with Crippen LogP contribution in [0.5, 0.6) is 5.75 Å². The Kier molecular flexibility index (Phi) is 2.88. The molecule has 0 saturated carbocycles. The Morgan fingerprint density at radius 3 is 2.47 bits per heavy atom. The molecule has 0 amide bonds. The van der Waals surface area contributed by atoms with Gasteiger partial charge in [-0.3, -0.25) is 0 Å². The third-order valence-electron chi connectivity index (χ3n) is 2.71. The highest BCUT2D eigenvalue weighted by Crippen LogP contribution is 2.35. The van der Waals surface area contributed by atoms with Gasteiger partial charge in [-0.1, -0.05) is 13.8 Å². The molecule has 0 atom stereocenters. The molecule has 0 aliphatic heterocycles. The van der Waals surface area contributed by atoms with E-state index in [1.165, 1.54) is 6.07 Å². The third-order valence-corrected chi connectivity index (χ3v) is 2.71. The zero-order valence-corrected chi connectivity index (χ0v) is 9.59. The molecule has 1 aromatic carbocycles. The lowest BCUT2D eigenvalue weighted by Gasteiger charge is -2.12. The second-order valence-corrected chi connectivity index (χ2v) is 4.24. The summed E-state index contributed by atoms with van der Waals surface area (Å²) in [4.78, 5) is 2.76. The number of rotatable bonds is 2. The molecule has 2 aromatic rings. The van der Waals surface area contributed by atoms with Gasteiger partial charge in [0.2, 0.25) is 0 Å². The smallest absolute Gasteiger partial charge is 0.167 e. The standard InChI is InChI=1S/C13H13F2NO/c1-7(2)11-10(17)5-9(12(14)13(11)15)8-3-4-16-6-8/h3-7,16-17H,1-2H3. The number of aromatic nitrogens is 1. The number of hydrogen-bond acceptors (Lipinski definition) is 1. The highest BCUT2D eigenvalue weighted by molar-refractivity contribution is 5.66. The normalized spacial score (nSPS) is 11.1. The molecule has 1 heterocycles. The van der Waals surface area contributed by atoms with E-state index < -0.39 is 11.6 Å². The van der Waals surface area contributed by atoms with E-state index in [1.807, 2.05) is 0 Å². The van der Waals surface area contributed by atoms with Crippen LogP contribution in [0, 0.1) is 11.6 Å². The van der Waals surface area contributed by atoms with Crippen molar-refractivity contribution < 1.29 is 13.9 Å². The first kappa shape index (κ1) is 11.6. The number of benzene rings is 1. The molecule has 0 aliphatic rings. The molecule has 0 saturated heterocycles. The van der Waals surface area contributed by atoms with Gasteiger partial charge in [-0.25, -0.2) is 8.78 Å². The van der Waals surface area contributed by atoms with Crippen LogP contribution >= 0.6 is 0 Å². The van der Waals surface area contributed by atoms with Crippen molar-refractivity contribution in [2.24, 2.45) is 0 Å². The van der Waals surface area contributed by atoms with Gasteiger partial charge in [0.15, 0.2) is 11.6 Å². The highest BCUT2D eigenvalue weighted by atomic mass is 19.2. The van der Waals surface area contributed by atoms with E-state index in [-0.39, 0.29) is 22.8 Å². The molecular weight excluding hydrogens is 224 g/mol. The van der Waals surface area contributed by atoms with Gasteiger partial charge in [-0.2, -0.15) is 0 Å². The third kappa shape index (κ3) is 1.90. The minimum Gasteiger partial charge on any atom is -0.508 e. The van der Waals surface area contributed by atoms with Gasteiger partial charge in [0.05, 0.1) is 0 Å². The fraction of sp³-hybridized carbons (Fsp3) is 0.231. The number of nitrogens with one attached hydrogen (secondary N) is 1. The van der Waals surface area contributed by atoms with Crippen LogP contribution in [0.2, 0.25) is 0 Å². The van der Waals surface area contributed by atoms with Crippen molar-refractivity contribution in [1.82, 2.24) is 4.98 Å². The van der Waals surface area contributed by atoms with Crippen LogP contribution in [0.15, 0.2) is 24.5 Å². The van der Waals surface area contributed by atoms with Gasteiger partial charge in [0, 0.05) is 29.1 Å². The molecule has 0 radical (unpaired) electrons. The van der Waals surface area contributed by atoms with Gasteiger partial charge in [-0.15, -0.1) is 0 Å². The summed E-state index contributed by atoms with van der Waals surface area (Å²) in [7, 11) is 0. The molecule has 0 bridgehead atoms. The van der Waals surface area contributed by atoms with Gasteiger partial charge < -0.3 is 10.1 Å². The Bertz CT molecular complexity index is 533. The first-order chi connectivity index (χ1) is 8.02. The topological polar surface area (TPSA) is 36.0 Å². The summed E-state index contributed by atoms with van der Waals surface area (Å²) in [6.07, 6.45) is 3.16. The number of aromatic amines is 1. The number of aromatic hydroxyl groups is 1. The van der Waals surface area contributed by atoms with Gasteiger partial charge in [0.1, 0.15) is 5.75 Å². The van der Waals surface area contributed by atoms with Crippen LogP contribution in [0.1, 0.15) is 25.3 Å². The number of H-pyrrole nitrogens is 1. The zero-order chi connectivity index (χ0) is 12.6. The van der Waals surface area contributed by atoms with Crippen molar-refractivity contribution in [1.29, 1.82) is 0 Å². The average Bonchev–Trinajstić information content (AvgIpc) is 2.76. The molecule has 90 valence electrons. The molecule has 1 aromatic heterocycles. The predicted molar refractivity (Wildman–Crippen MR) is 61.9 cm³/mol. The summed E-state index contributed by atoms with van der Waals surface area (Å²) in [5.74, 6) is -2.39. The van der Waals surface area contributed by atoms with Crippen molar-refractivity contribution >= 4 is 0 Å². The van der Waals surface area contributed by atoms with E-state index >= 15 is 0 Å². The lowest BCUT2D eigenvalue weighted by Crippen LogP contribution is -1.99. The first-order valence-electron chi connectivity index (χ1n) is 5.36. The van der Waals surface area contributed by atoms with E-state index in [9.17, 15) is 13.9 Å². The number of phenols is 1. The predicted octanol–water partition coefficient (Wildman–Crippen LogP) is 3.79. The summed E-state index contributed by atoms with van der Waals surface area (Å²) < 4.78 is 27.7. The van der Waals surface area contributed by atoms with Crippen molar-refractivity contribution in [2.45, 2.75) is 19.8 Å². The fourth-order valence-corrected chi connectivity index (χ4v) is 1.88. The monoisotopic (exact) mass is 237 g/mol. The van der Waals surface area contributed by atoms with Gasteiger partial charge in [0.25, 0.3) is 0 Å². The van der Waals surface area contributed by atoms with Crippen LogP contribution in [0.25, 0.3) is 11.1 Å². The van der Waals surface area contributed by atoms with Crippen molar-refractivity contribution in [2.75, 3.05) is 0 Å². The molecule has 4 heteroatoms. The van der Waals surface area contributed by atoms with Crippen molar-refractivity contribution in [3.63, 3.8) is 0 Å². The lowest BCUT2D eigenvalue weighted by atomic mass is 9.97. The lowest BCUT2D eigenvalue weighted by molar-refractivity contribution is 0.437. The Hall–Kier alpha value is -1.84. The number of phenolic OH excluding ortho intramolecular Hbond substituents is 1. The number of halogens is 2. The van der Waals surface area contributed by atoms with E-state index in [2.05, 4.69) is 4.98 Å². The Labute approximate surface area is 97.9 Å². The molecule has 2 N–H and O–H groups in total. The fourth-order valence-electron chi connectivity index (χ4n) is 1.88. The Morgan fingerprint density at radius 1 is 1.24 bits per heavy atom. The van der Waals surface area contributed by atoms with E-state index in [1.54, 1.807) is 32.3 Å². The summed E-state index contributed by atoms with van der Waals surface area (Å²) in [5.41, 5.74) is 0.583. The van der Waals surface area contributed by atoms with E-state index in [0.29, 0.717) is 5.56 Å². The SMILES string of the molecule is CC(C)c1c(O)cc(-c2cc[nH]c2)c(F)c1F. The zero-order valence-electron chi connectivity index (χ0n) is 9.59. The summed E-state index contributed by atoms with van der Waals surface area (Å²) >= 11 is 0. The second kappa shape index (κ2) is 4.20. The minimum absolute atomic E-state index is 0.0155. The van der Waals surface area contributed by atoms with Gasteiger partial charge >= 0.3 is 0 Å². The highest BCUT2D eigenvalue weighted by Gasteiger charge is 2.21.